The smallest absolute Gasteiger partial charge is 0.414 e. The lowest BCUT2D eigenvalue weighted by Gasteiger charge is -2.36. The number of hydrogen-bond acceptors (Lipinski definition) is 7. The standard InChI is InChI=1S/C24H31NO7/c1-24(2,3)32-23(28)25(4)16-9-7-14(8-10-16)17-11-15-12-31-13-18(15)20(22(27)30-6)19(17)21(26)29-5/h7-11,17-20H,12-13H2,1-6H3. The fourth-order valence-corrected chi connectivity index (χ4v) is 4.37. The zero-order valence-electron chi connectivity index (χ0n) is 19.4. The second-order valence-corrected chi connectivity index (χ2v) is 9.12. The number of hydrogen-bond donors (Lipinski definition) is 0. The van der Waals surface area contributed by atoms with Crippen molar-refractivity contribution in [3.8, 4) is 0 Å². The summed E-state index contributed by atoms with van der Waals surface area (Å²) in [4.78, 5) is 39.3. The highest BCUT2D eigenvalue weighted by Crippen LogP contribution is 2.46. The number of fused-ring (bicyclic) bond motifs is 1. The Morgan fingerprint density at radius 1 is 1.00 bits per heavy atom. The Labute approximate surface area is 188 Å². The third-order valence-electron chi connectivity index (χ3n) is 5.92. The van der Waals surface area contributed by atoms with Gasteiger partial charge in [-0.25, -0.2) is 4.79 Å². The molecule has 1 aromatic carbocycles. The number of rotatable bonds is 4. The minimum absolute atomic E-state index is 0.208. The van der Waals surface area contributed by atoms with E-state index in [9.17, 15) is 14.4 Å². The van der Waals surface area contributed by atoms with Gasteiger partial charge in [-0.05, 0) is 44.0 Å². The first-order chi connectivity index (χ1) is 15.1. The topological polar surface area (TPSA) is 91.4 Å². The van der Waals surface area contributed by atoms with Crippen LogP contribution in [0.4, 0.5) is 10.5 Å². The van der Waals surface area contributed by atoms with E-state index < -0.39 is 35.5 Å². The quantitative estimate of drug-likeness (QED) is 0.399. The van der Waals surface area contributed by atoms with Gasteiger partial charge in [0.15, 0.2) is 0 Å². The molecule has 174 valence electrons. The predicted octanol–water partition coefficient (Wildman–Crippen LogP) is 3.31. The number of carbonyl (C=O) groups excluding carboxylic acids is 3. The van der Waals surface area contributed by atoms with Gasteiger partial charge in [0.2, 0.25) is 0 Å². The summed E-state index contributed by atoms with van der Waals surface area (Å²) in [7, 11) is 4.27. The Morgan fingerprint density at radius 3 is 2.16 bits per heavy atom. The van der Waals surface area contributed by atoms with Crippen LogP contribution in [0, 0.1) is 17.8 Å². The zero-order valence-corrected chi connectivity index (χ0v) is 19.4. The van der Waals surface area contributed by atoms with Crippen LogP contribution in [-0.4, -0.2) is 58.1 Å². The first-order valence-electron chi connectivity index (χ1n) is 10.6. The van der Waals surface area contributed by atoms with Crippen molar-refractivity contribution in [2.24, 2.45) is 17.8 Å². The molecule has 4 unspecified atom stereocenters. The summed E-state index contributed by atoms with van der Waals surface area (Å²) in [6, 6.07) is 7.27. The van der Waals surface area contributed by atoms with Crippen molar-refractivity contribution in [1.29, 1.82) is 0 Å². The van der Waals surface area contributed by atoms with Gasteiger partial charge >= 0.3 is 18.0 Å². The van der Waals surface area contributed by atoms with Crippen molar-refractivity contribution >= 4 is 23.7 Å². The number of amides is 1. The number of benzene rings is 1. The molecule has 0 N–H and O–H groups in total. The fraction of sp³-hybridized carbons (Fsp3) is 0.542. The molecule has 1 fully saturated rings. The third kappa shape index (κ3) is 4.80. The maximum Gasteiger partial charge on any atom is 0.414 e. The number of methoxy groups -OCH3 is 2. The SMILES string of the molecule is COC(=O)C1C2COCC2=CC(c2ccc(N(C)C(=O)OC(C)(C)C)cc2)C1C(=O)OC. The molecule has 1 amide bonds. The van der Waals surface area contributed by atoms with Crippen LogP contribution in [0.1, 0.15) is 32.3 Å². The maximum atomic E-state index is 12.8. The summed E-state index contributed by atoms with van der Waals surface area (Å²) in [6.45, 7) is 6.21. The van der Waals surface area contributed by atoms with Gasteiger partial charge in [0.1, 0.15) is 5.60 Å². The van der Waals surface area contributed by atoms with Crippen LogP contribution in [0.5, 0.6) is 0 Å². The van der Waals surface area contributed by atoms with Crippen LogP contribution < -0.4 is 4.90 Å². The van der Waals surface area contributed by atoms with Gasteiger partial charge in [0, 0.05) is 24.6 Å². The van der Waals surface area contributed by atoms with E-state index in [4.69, 9.17) is 18.9 Å². The average Bonchev–Trinajstić information content (AvgIpc) is 3.23. The van der Waals surface area contributed by atoms with E-state index in [-0.39, 0.29) is 11.8 Å². The second-order valence-electron chi connectivity index (χ2n) is 9.12. The molecule has 1 aliphatic carbocycles. The van der Waals surface area contributed by atoms with Gasteiger partial charge in [-0.2, -0.15) is 0 Å². The van der Waals surface area contributed by atoms with Gasteiger partial charge in [-0.1, -0.05) is 18.2 Å². The number of anilines is 1. The molecular weight excluding hydrogens is 414 g/mol. The van der Waals surface area contributed by atoms with Crippen LogP contribution in [0.25, 0.3) is 0 Å². The molecule has 1 aromatic rings. The average molecular weight is 446 g/mol. The van der Waals surface area contributed by atoms with Crippen molar-refractivity contribution in [2.45, 2.75) is 32.3 Å². The van der Waals surface area contributed by atoms with Crippen LogP contribution >= 0.6 is 0 Å². The molecule has 2 aliphatic rings. The van der Waals surface area contributed by atoms with Crippen molar-refractivity contribution in [3.05, 3.63) is 41.5 Å². The summed E-state index contributed by atoms with van der Waals surface area (Å²) in [5, 5.41) is 0. The summed E-state index contributed by atoms with van der Waals surface area (Å²) < 4.78 is 21.1. The first-order valence-corrected chi connectivity index (χ1v) is 10.6. The summed E-state index contributed by atoms with van der Waals surface area (Å²) >= 11 is 0. The molecule has 0 aromatic heterocycles. The van der Waals surface area contributed by atoms with Gasteiger partial charge in [-0.15, -0.1) is 0 Å². The van der Waals surface area contributed by atoms with E-state index >= 15 is 0 Å². The van der Waals surface area contributed by atoms with Crippen molar-refractivity contribution < 1.29 is 33.3 Å². The lowest BCUT2D eigenvalue weighted by Crippen LogP contribution is -2.43. The Balaban J connectivity index is 1.94. The van der Waals surface area contributed by atoms with Gasteiger partial charge in [0.05, 0.1) is 39.3 Å². The summed E-state index contributed by atoms with van der Waals surface area (Å²) in [5.74, 6) is -2.95. The number of nitrogens with zero attached hydrogens (tertiary/aromatic N) is 1. The van der Waals surface area contributed by atoms with Crippen LogP contribution in [0.3, 0.4) is 0 Å². The predicted molar refractivity (Wildman–Crippen MR) is 117 cm³/mol. The van der Waals surface area contributed by atoms with Gasteiger partial charge < -0.3 is 18.9 Å². The van der Waals surface area contributed by atoms with Crippen LogP contribution in [-0.2, 0) is 28.5 Å². The molecule has 1 aliphatic heterocycles. The number of ether oxygens (including phenoxy) is 4. The number of esters is 2. The molecular formula is C24H31NO7. The highest BCUT2D eigenvalue weighted by Gasteiger charge is 2.50. The van der Waals surface area contributed by atoms with Crippen LogP contribution in [0.15, 0.2) is 35.9 Å². The van der Waals surface area contributed by atoms with E-state index in [2.05, 4.69) is 0 Å². The van der Waals surface area contributed by atoms with Gasteiger partial charge in [0.25, 0.3) is 0 Å². The highest BCUT2D eigenvalue weighted by atomic mass is 16.6. The number of allylic oxidation sites excluding steroid dienone is 1. The Morgan fingerprint density at radius 2 is 1.59 bits per heavy atom. The monoisotopic (exact) mass is 445 g/mol. The highest BCUT2D eigenvalue weighted by molar-refractivity contribution is 5.87. The van der Waals surface area contributed by atoms with Crippen molar-refractivity contribution in [2.75, 3.05) is 39.4 Å². The molecule has 0 spiro atoms. The molecule has 1 saturated heterocycles. The van der Waals surface area contributed by atoms with E-state index in [0.717, 1.165) is 11.1 Å². The van der Waals surface area contributed by atoms with E-state index in [0.29, 0.717) is 18.9 Å². The van der Waals surface area contributed by atoms with E-state index in [1.54, 1.807) is 19.2 Å². The molecule has 1 heterocycles. The lowest BCUT2D eigenvalue weighted by molar-refractivity contribution is -0.160. The van der Waals surface area contributed by atoms with Crippen LogP contribution in [0.2, 0.25) is 0 Å². The van der Waals surface area contributed by atoms with Crippen molar-refractivity contribution in [1.82, 2.24) is 0 Å². The molecule has 0 saturated carbocycles. The van der Waals surface area contributed by atoms with Gasteiger partial charge in [-0.3, -0.25) is 14.5 Å². The largest absolute Gasteiger partial charge is 0.469 e. The first kappa shape index (κ1) is 23.8. The van der Waals surface area contributed by atoms with E-state index in [1.807, 2.05) is 39.0 Å². The fourth-order valence-electron chi connectivity index (χ4n) is 4.37. The summed E-state index contributed by atoms with van der Waals surface area (Å²) in [6.07, 6.45) is 1.54. The Bertz CT molecular complexity index is 900. The molecule has 0 radical (unpaired) electrons. The minimum atomic E-state index is -0.739. The molecule has 8 heteroatoms. The van der Waals surface area contributed by atoms with E-state index in [1.165, 1.54) is 19.1 Å². The molecule has 32 heavy (non-hydrogen) atoms. The third-order valence-corrected chi connectivity index (χ3v) is 5.92. The minimum Gasteiger partial charge on any atom is -0.469 e. The summed E-state index contributed by atoms with van der Waals surface area (Å²) in [5.41, 5.74) is 1.86. The number of carbonyl (C=O) groups is 3. The Hall–Kier alpha value is -2.87. The lowest BCUT2D eigenvalue weighted by atomic mass is 9.66. The molecule has 0 bridgehead atoms. The molecule has 8 nitrogen and oxygen atoms in total. The normalized spacial score (nSPS) is 24.8. The maximum absolute atomic E-state index is 12.8. The second kappa shape index (κ2) is 9.32. The molecule has 3 rings (SSSR count). The van der Waals surface area contributed by atoms with Crippen molar-refractivity contribution in [3.63, 3.8) is 0 Å². The molecule has 4 atom stereocenters. The zero-order chi connectivity index (χ0) is 23.6. The Kier molecular flexibility index (Phi) is 6.93.